The highest BCUT2D eigenvalue weighted by Gasteiger charge is 2.12. The number of aryl methyl sites for hydroxylation is 1. The summed E-state index contributed by atoms with van der Waals surface area (Å²) >= 11 is 0. The maximum atomic E-state index is 13.6. The van der Waals surface area contributed by atoms with E-state index in [9.17, 15) is 17.6 Å². The van der Waals surface area contributed by atoms with Crippen LogP contribution in [0.15, 0.2) is 18.2 Å². The Balaban J connectivity index is 2.54. The average molecular weight is 274 g/mol. The molecule has 5 nitrogen and oxygen atoms in total. The van der Waals surface area contributed by atoms with Gasteiger partial charge in [-0.25, -0.2) is 17.5 Å². The van der Waals surface area contributed by atoms with Gasteiger partial charge in [0.2, 0.25) is 10.0 Å². The Bertz CT molecular complexity index is 543. The third-order valence-electron chi connectivity index (χ3n) is 2.21. The van der Waals surface area contributed by atoms with Crippen molar-refractivity contribution in [2.45, 2.75) is 6.92 Å². The molecule has 2 N–H and O–H groups in total. The lowest BCUT2D eigenvalue weighted by Crippen LogP contribution is -2.34. The number of nitrogens with one attached hydrogen (secondary N) is 2. The number of hydrogen-bond donors (Lipinski definition) is 2. The van der Waals surface area contributed by atoms with Crippen molar-refractivity contribution in [3.63, 3.8) is 0 Å². The number of benzene rings is 1. The minimum absolute atomic E-state index is 0.0469. The van der Waals surface area contributed by atoms with Gasteiger partial charge in [-0.15, -0.1) is 0 Å². The molecular weight excluding hydrogens is 259 g/mol. The number of halogens is 1. The van der Waals surface area contributed by atoms with Crippen LogP contribution in [0.5, 0.6) is 0 Å². The highest BCUT2D eigenvalue weighted by Crippen LogP contribution is 2.11. The van der Waals surface area contributed by atoms with E-state index in [0.29, 0.717) is 5.56 Å². The molecule has 0 saturated heterocycles. The molecule has 1 aromatic carbocycles. The van der Waals surface area contributed by atoms with Gasteiger partial charge in [0.1, 0.15) is 5.82 Å². The number of hydrogen-bond acceptors (Lipinski definition) is 3. The first-order valence-corrected chi connectivity index (χ1v) is 7.18. The second-order valence-electron chi connectivity index (χ2n) is 3.86. The molecule has 1 aromatic rings. The highest BCUT2D eigenvalue weighted by atomic mass is 32.2. The van der Waals surface area contributed by atoms with Crippen LogP contribution in [0, 0.1) is 12.7 Å². The minimum Gasteiger partial charge on any atom is -0.351 e. The third-order valence-corrected chi connectivity index (χ3v) is 2.94. The summed E-state index contributed by atoms with van der Waals surface area (Å²) < 4.78 is 37.3. The van der Waals surface area contributed by atoms with Gasteiger partial charge in [-0.1, -0.05) is 12.1 Å². The van der Waals surface area contributed by atoms with E-state index in [4.69, 9.17) is 0 Å². The van der Waals surface area contributed by atoms with Crippen molar-refractivity contribution in [3.8, 4) is 0 Å². The fourth-order valence-corrected chi connectivity index (χ4v) is 1.80. The fourth-order valence-electron chi connectivity index (χ4n) is 1.33. The van der Waals surface area contributed by atoms with Gasteiger partial charge in [-0.05, 0) is 18.6 Å². The quantitative estimate of drug-likeness (QED) is 0.764. The summed E-state index contributed by atoms with van der Waals surface area (Å²) in [7, 11) is -3.28. The standard InChI is InChI=1S/C11H15FN2O3S/c1-8-4-3-5-9(10(8)12)11(15)13-6-7-14-18(2,16)17/h3-5,14H,6-7H2,1-2H3,(H,13,15). The van der Waals surface area contributed by atoms with Gasteiger partial charge >= 0.3 is 0 Å². The molecule has 0 aliphatic carbocycles. The molecule has 1 amide bonds. The Hall–Kier alpha value is -1.47. The van der Waals surface area contributed by atoms with Crippen molar-refractivity contribution in [1.82, 2.24) is 10.0 Å². The lowest BCUT2D eigenvalue weighted by atomic mass is 10.1. The van der Waals surface area contributed by atoms with Crippen LogP contribution >= 0.6 is 0 Å². The lowest BCUT2D eigenvalue weighted by molar-refractivity contribution is 0.0950. The molecule has 0 radical (unpaired) electrons. The normalized spacial score (nSPS) is 11.3. The van der Waals surface area contributed by atoms with Gasteiger partial charge < -0.3 is 5.32 Å². The summed E-state index contributed by atoms with van der Waals surface area (Å²) in [4.78, 5) is 11.6. The summed E-state index contributed by atoms with van der Waals surface area (Å²) in [5.74, 6) is -1.13. The van der Waals surface area contributed by atoms with E-state index < -0.39 is 21.7 Å². The van der Waals surface area contributed by atoms with Crippen molar-refractivity contribution in [1.29, 1.82) is 0 Å². The molecule has 1 rings (SSSR count). The molecule has 0 spiro atoms. The summed E-state index contributed by atoms with van der Waals surface area (Å²) in [6, 6.07) is 4.53. The Morgan fingerprint density at radius 3 is 2.61 bits per heavy atom. The summed E-state index contributed by atoms with van der Waals surface area (Å²) in [5, 5.41) is 2.43. The second-order valence-corrected chi connectivity index (χ2v) is 5.69. The molecule has 0 bridgehead atoms. The topological polar surface area (TPSA) is 75.3 Å². The van der Waals surface area contributed by atoms with Crippen LogP contribution in [0.25, 0.3) is 0 Å². The maximum absolute atomic E-state index is 13.6. The molecule has 100 valence electrons. The number of rotatable bonds is 5. The number of carbonyl (C=O) groups excluding carboxylic acids is 1. The molecule has 0 aliphatic rings. The van der Waals surface area contributed by atoms with Crippen LogP contribution in [-0.2, 0) is 10.0 Å². The molecule has 0 atom stereocenters. The zero-order chi connectivity index (χ0) is 13.8. The first-order chi connectivity index (χ1) is 8.31. The summed E-state index contributed by atoms with van der Waals surface area (Å²) in [5.41, 5.74) is 0.339. The molecular formula is C11H15FN2O3S. The lowest BCUT2D eigenvalue weighted by Gasteiger charge is -2.07. The number of carbonyl (C=O) groups is 1. The molecule has 0 aliphatic heterocycles. The zero-order valence-corrected chi connectivity index (χ0v) is 11.0. The largest absolute Gasteiger partial charge is 0.351 e. The van der Waals surface area contributed by atoms with Gasteiger partial charge in [-0.2, -0.15) is 0 Å². The van der Waals surface area contributed by atoms with Crippen molar-refractivity contribution in [3.05, 3.63) is 35.1 Å². The van der Waals surface area contributed by atoms with E-state index >= 15 is 0 Å². The van der Waals surface area contributed by atoms with E-state index in [2.05, 4.69) is 10.0 Å². The first kappa shape index (κ1) is 14.6. The third kappa shape index (κ3) is 4.42. The van der Waals surface area contributed by atoms with Gasteiger partial charge in [-0.3, -0.25) is 4.79 Å². The molecule has 0 unspecified atom stereocenters. The van der Waals surface area contributed by atoms with Gasteiger partial charge in [0, 0.05) is 13.1 Å². The van der Waals surface area contributed by atoms with Crippen molar-refractivity contribution in [2.24, 2.45) is 0 Å². The van der Waals surface area contributed by atoms with E-state index in [0.717, 1.165) is 6.26 Å². The highest BCUT2D eigenvalue weighted by molar-refractivity contribution is 7.88. The van der Waals surface area contributed by atoms with Gasteiger partial charge in [0.05, 0.1) is 11.8 Å². The fraction of sp³-hybridized carbons (Fsp3) is 0.364. The van der Waals surface area contributed by atoms with Crippen LogP contribution < -0.4 is 10.0 Å². The maximum Gasteiger partial charge on any atom is 0.254 e. The van der Waals surface area contributed by atoms with Crippen LogP contribution in [0.1, 0.15) is 15.9 Å². The Kier molecular flexibility index (Phi) is 4.80. The van der Waals surface area contributed by atoms with Crippen molar-refractivity contribution < 1.29 is 17.6 Å². The monoisotopic (exact) mass is 274 g/mol. The van der Waals surface area contributed by atoms with E-state index in [-0.39, 0.29) is 18.7 Å². The number of sulfonamides is 1. The van der Waals surface area contributed by atoms with E-state index in [1.54, 1.807) is 19.1 Å². The molecule has 0 saturated carbocycles. The number of amides is 1. The zero-order valence-electron chi connectivity index (χ0n) is 10.2. The van der Waals surface area contributed by atoms with E-state index in [1.807, 2.05) is 0 Å². The molecule has 0 aromatic heterocycles. The molecule has 0 fully saturated rings. The summed E-state index contributed by atoms with van der Waals surface area (Å²) in [6.07, 6.45) is 1.02. The van der Waals surface area contributed by atoms with Crippen LogP contribution in [0.2, 0.25) is 0 Å². The molecule has 18 heavy (non-hydrogen) atoms. The van der Waals surface area contributed by atoms with Gasteiger partial charge in [0.15, 0.2) is 0 Å². The predicted octanol–water partition coefficient (Wildman–Crippen LogP) is 0.413. The van der Waals surface area contributed by atoms with Crippen molar-refractivity contribution in [2.75, 3.05) is 19.3 Å². The van der Waals surface area contributed by atoms with Crippen LogP contribution in [-0.4, -0.2) is 33.7 Å². The molecule has 0 heterocycles. The van der Waals surface area contributed by atoms with Crippen LogP contribution in [0.4, 0.5) is 4.39 Å². The minimum atomic E-state index is -3.28. The van der Waals surface area contributed by atoms with Crippen molar-refractivity contribution >= 4 is 15.9 Å². The average Bonchev–Trinajstić information content (AvgIpc) is 2.26. The molecule has 7 heteroatoms. The second kappa shape index (κ2) is 5.92. The Labute approximate surface area is 105 Å². The summed E-state index contributed by atoms with van der Waals surface area (Å²) in [6.45, 7) is 1.73. The predicted molar refractivity (Wildman–Crippen MR) is 66.3 cm³/mol. The van der Waals surface area contributed by atoms with Gasteiger partial charge in [0.25, 0.3) is 5.91 Å². The van der Waals surface area contributed by atoms with E-state index in [1.165, 1.54) is 6.07 Å². The smallest absolute Gasteiger partial charge is 0.254 e. The Morgan fingerprint density at radius 2 is 2.00 bits per heavy atom. The first-order valence-electron chi connectivity index (χ1n) is 5.29. The van der Waals surface area contributed by atoms with Crippen LogP contribution in [0.3, 0.4) is 0 Å². The Morgan fingerprint density at radius 1 is 1.33 bits per heavy atom. The SMILES string of the molecule is Cc1cccc(C(=O)NCCNS(C)(=O)=O)c1F.